The van der Waals surface area contributed by atoms with Crippen molar-refractivity contribution in [1.82, 2.24) is 0 Å². The highest BCUT2D eigenvalue weighted by Gasteiger charge is 2.19. The van der Waals surface area contributed by atoms with Gasteiger partial charge in [0.25, 0.3) is 0 Å². The Morgan fingerprint density at radius 3 is 0.891 bits per heavy atom. The van der Waals surface area contributed by atoms with Crippen molar-refractivity contribution in [2.75, 3.05) is 13.2 Å². The van der Waals surface area contributed by atoms with Gasteiger partial charge in [0, 0.05) is 19.3 Å². The third-order valence-electron chi connectivity index (χ3n) is 11.0. The van der Waals surface area contributed by atoms with Crippen molar-refractivity contribution in [2.45, 2.75) is 272 Å². The zero-order valence-electron chi connectivity index (χ0n) is 37.6. The van der Waals surface area contributed by atoms with Gasteiger partial charge in [-0.15, -0.1) is 0 Å². The van der Waals surface area contributed by atoms with Crippen LogP contribution in [-0.2, 0) is 28.6 Å². The van der Waals surface area contributed by atoms with Gasteiger partial charge in [0.2, 0.25) is 0 Å². The minimum absolute atomic E-state index is 0.0647. The van der Waals surface area contributed by atoms with Crippen molar-refractivity contribution in [2.24, 2.45) is 11.8 Å². The molecule has 0 aliphatic carbocycles. The highest BCUT2D eigenvalue weighted by Crippen LogP contribution is 2.17. The average Bonchev–Trinajstić information content (AvgIpc) is 3.15. The van der Waals surface area contributed by atoms with Crippen molar-refractivity contribution in [1.29, 1.82) is 0 Å². The van der Waals surface area contributed by atoms with Crippen LogP contribution in [0.1, 0.15) is 266 Å². The molecule has 0 aromatic rings. The van der Waals surface area contributed by atoms with E-state index in [1.807, 2.05) is 0 Å². The van der Waals surface area contributed by atoms with Crippen LogP contribution in [0.3, 0.4) is 0 Å². The fourth-order valence-corrected chi connectivity index (χ4v) is 7.28. The Labute approximate surface area is 342 Å². The molecular weight excluding hydrogens is 685 g/mol. The van der Waals surface area contributed by atoms with Gasteiger partial charge in [-0.1, -0.05) is 227 Å². The first-order chi connectivity index (χ1) is 26.7. The van der Waals surface area contributed by atoms with Crippen molar-refractivity contribution in [3.05, 3.63) is 0 Å². The number of ether oxygens (including phenoxy) is 3. The molecule has 1 atom stereocenters. The summed E-state index contributed by atoms with van der Waals surface area (Å²) in [4.78, 5) is 37.7. The van der Waals surface area contributed by atoms with E-state index >= 15 is 0 Å². The molecule has 0 aliphatic heterocycles. The number of esters is 3. The van der Waals surface area contributed by atoms with E-state index in [9.17, 15) is 14.4 Å². The van der Waals surface area contributed by atoms with Crippen molar-refractivity contribution in [3.63, 3.8) is 0 Å². The van der Waals surface area contributed by atoms with E-state index < -0.39 is 6.10 Å². The van der Waals surface area contributed by atoms with Crippen LogP contribution < -0.4 is 0 Å². The zero-order valence-corrected chi connectivity index (χ0v) is 37.6. The van der Waals surface area contributed by atoms with Gasteiger partial charge in [-0.25, -0.2) is 0 Å². The van der Waals surface area contributed by atoms with E-state index in [0.717, 1.165) is 69.6 Å². The molecule has 6 nitrogen and oxygen atoms in total. The highest BCUT2D eigenvalue weighted by atomic mass is 16.6. The lowest BCUT2D eigenvalue weighted by molar-refractivity contribution is -0.167. The Hall–Kier alpha value is -1.59. The molecule has 0 aromatic heterocycles. The molecule has 326 valence electrons. The van der Waals surface area contributed by atoms with Gasteiger partial charge in [-0.3, -0.25) is 14.4 Å². The molecule has 0 spiro atoms. The van der Waals surface area contributed by atoms with Gasteiger partial charge in [-0.05, 0) is 31.1 Å². The largest absolute Gasteiger partial charge is 0.462 e. The molecule has 0 bridgehead atoms. The summed E-state index contributed by atoms with van der Waals surface area (Å²) in [7, 11) is 0. The molecule has 0 aromatic carbocycles. The molecule has 0 aliphatic rings. The Morgan fingerprint density at radius 1 is 0.345 bits per heavy atom. The molecule has 6 heteroatoms. The van der Waals surface area contributed by atoms with E-state index in [4.69, 9.17) is 14.2 Å². The second-order valence-corrected chi connectivity index (χ2v) is 17.7. The fourth-order valence-electron chi connectivity index (χ4n) is 7.28. The summed E-state index contributed by atoms with van der Waals surface area (Å²) in [5.74, 6) is 0.770. The normalized spacial score (nSPS) is 12.1. The quantitative estimate of drug-likeness (QED) is 0.0348. The lowest BCUT2D eigenvalue weighted by Crippen LogP contribution is -2.30. The van der Waals surface area contributed by atoms with Crippen LogP contribution >= 0.6 is 0 Å². The summed E-state index contributed by atoms with van der Waals surface area (Å²) in [6, 6.07) is 0. The monoisotopic (exact) mass is 779 g/mol. The topological polar surface area (TPSA) is 78.9 Å². The van der Waals surface area contributed by atoms with E-state index in [2.05, 4.69) is 34.6 Å². The molecule has 0 unspecified atom stereocenters. The lowest BCUT2D eigenvalue weighted by atomic mass is 10.0. The number of rotatable bonds is 43. The van der Waals surface area contributed by atoms with Gasteiger partial charge in [0.15, 0.2) is 6.10 Å². The van der Waals surface area contributed by atoms with Crippen LogP contribution in [0.25, 0.3) is 0 Å². The summed E-state index contributed by atoms with van der Waals surface area (Å²) < 4.78 is 16.7. The SMILES string of the molecule is CCCCCCCCCCCCC(=O)O[C@H](COC(=O)CCCCCCCCCCCCCCCCC(C)C)COC(=O)CCCCCCCCCC(C)C. The Balaban J connectivity index is 4.25. The third kappa shape index (κ3) is 43.4. The van der Waals surface area contributed by atoms with Gasteiger partial charge in [-0.2, -0.15) is 0 Å². The maximum absolute atomic E-state index is 12.7. The predicted octanol–water partition coefficient (Wildman–Crippen LogP) is 15.4. The van der Waals surface area contributed by atoms with Gasteiger partial charge in [0.05, 0.1) is 0 Å². The molecule has 0 N–H and O–H groups in total. The Bertz CT molecular complexity index is 839. The van der Waals surface area contributed by atoms with Gasteiger partial charge < -0.3 is 14.2 Å². The van der Waals surface area contributed by atoms with Gasteiger partial charge in [0.1, 0.15) is 13.2 Å². The highest BCUT2D eigenvalue weighted by molar-refractivity contribution is 5.71. The van der Waals surface area contributed by atoms with Gasteiger partial charge >= 0.3 is 17.9 Å². The molecule has 0 rings (SSSR count). The predicted molar refractivity (Wildman–Crippen MR) is 233 cm³/mol. The summed E-state index contributed by atoms with van der Waals surface area (Å²) >= 11 is 0. The molecule has 0 amide bonds. The Morgan fingerprint density at radius 2 is 0.600 bits per heavy atom. The van der Waals surface area contributed by atoms with Crippen molar-refractivity contribution in [3.8, 4) is 0 Å². The summed E-state index contributed by atoms with van der Waals surface area (Å²) in [6.45, 7) is 11.3. The lowest BCUT2D eigenvalue weighted by Gasteiger charge is -2.18. The molecular formula is C49H94O6. The van der Waals surface area contributed by atoms with Crippen LogP contribution in [-0.4, -0.2) is 37.2 Å². The van der Waals surface area contributed by atoms with Crippen LogP contribution in [0.5, 0.6) is 0 Å². The number of carbonyl (C=O) groups is 3. The first kappa shape index (κ1) is 53.4. The maximum atomic E-state index is 12.7. The Kier molecular flexibility index (Phi) is 40.8. The van der Waals surface area contributed by atoms with Crippen LogP contribution in [0.15, 0.2) is 0 Å². The average molecular weight is 779 g/mol. The zero-order chi connectivity index (χ0) is 40.5. The van der Waals surface area contributed by atoms with Crippen LogP contribution in [0.2, 0.25) is 0 Å². The number of hydrogen-bond donors (Lipinski definition) is 0. The summed E-state index contributed by atoms with van der Waals surface area (Å²) in [5.41, 5.74) is 0. The first-order valence-electron chi connectivity index (χ1n) is 24.2. The van der Waals surface area contributed by atoms with Crippen molar-refractivity contribution < 1.29 is 28.6 Å². The molecule has 55 heavy (non-hydrogen) atoms. The van der Waals surface area contributed by atoms with Crippen LogP contribution in [0, 0.1) is 11.8 Å². The molecule has 0 fully saturated rings. The second kappa shape index (κ2) is 42.0. The minimum atomic E-state index is -0.760. The number of unbranched alkanes of at least 4 members (excludes halogenated alkanes) is 28. The molecule has 0 saturated carbocycles. The summed E-state index contributed by atoms with van der Waals surface area (Å²) in [5, 5.41) is 0. The van der Waals surface area contributed by atoms with Crippen molar-refractivity contribution >= 4 is 17.9 Å². The van der Waals surface area contributed by atoms with Crippen LogP contribution in [0.4, 0.5) is 0 Å². The first-order valence-corrected chi connectivity index (χ1v) is 24.2. The maximum Gasteiger partial charge on any atom is 0.306 e. The second-order valence-electron chi connectivity index (χ2n) is 17.7. The number of carbonyl (C=O) groups excluding carboxylic acids is 3. The van der Waals surface area contributed by atoms with E-state index in [1.54, 1.807) is 0 Å². The third-order valence-corrected chi connectivity index (χ3v) is 11.0. The molecule has 0 heterocycles. The summed E-state index contributed by atoms with van der Waals surface area (Å²) in [6.07, 6.45) is 41.0. The smallest absolute Gasteiger partial charge is 0.306 e. The molecule has 0 radical (unpaired) electrons. The fraction of sp³-hybridized carbons (Fsp3) is 0.939. The van der Waals surface area contributed by atoms with E-state index in [0.29, 0.717) is 19.3 Å². The van der Waals surface area contributed by atoms with E-state index in [1.165, 1.54) is 154 Å². The van der Waals surface area contributed by atoms with E-state index in [-0.39, 0.29) is 31.1 Å². The number of hydrogen-bond acceptors (Lipinski definition) is 6. The molecule has 0 saturated heterocycles. The minimum Gasteiger partial charge on any atom is -0.462 e. The standard InChI is InChI=1S/C49H94O6/c1-6-7-8-9-10-11-19-25-31-36-41-49(52)55-46(43-54-48(51)40-35-30-26-21-23-28-33-38-45(4)5)42-53-47(50)39-34-29-24-20-17-15-13-12-14-16-18-22-27-32-37-44(2)3/h44-46H,6-43H2,1-5H3/t46-/m1/s1.